The summed E-state index contributed by atoms with van der Waals surface area (Å²) < 4.78 is 5.02. The van der Waals surface area contributed by atoms with E-state index in [2.05, 4.69) is 37.5 Å². The van der Waals surface area contributed by atoms with Gasteiger partial charge >= 0.3 is 11.9 Å². The first-order valence-electron chi connectivity index (χ1n) is 23.5. The molecular formula is C51H70N4O8S2. The smallest absolute Gasteiger partial charge is 0.350 e. The highest BCUT2D eigenvalue weighted by molar-refractivity contribution is 7.15. The van der Waals surface area contributed by atoms with Crippen molar-refractivity contribution in [1.82, 2.24) is 9.80 Å². The van der Waals surface area contributed by atoms with Crippen LogP contribution in [0, 0.1) is 58.2 Å². The number of carbonyl (C=O) groups is 6. The minimum absolute atomic E-state index is 0.0578. The van der Waals surface area contributed by atoms with Gasteiger partial charge in [0.25, 0.3) is 0 Å². The first kappa shape index (κ1) is 51.3. The molecule has 14 heteroatoms. The fraction of sp³-hybridized carbons (Fsp3) is 0.647. The van der Waals surface area contributed by atoms with Crippen molar-refractivity contribution in [2.75, 3.05) is 56.2 Å². The maximum atomic E-state index is 13.7. The molecule has 2 aliphatic heterocycles. The Morgan fingerprint density at radius 2 is 0.985 bits per heavy atom. The van der Waals surface area contributed by atoms with Crippen LogP contribution in [0.15, 0.2) is 12.1 Å². The number of likely N-dealkylation sites (tertiary alicyclic amines) is 2. The summed E-state index contributed by atoms with van der Waals surface area (Å²) in [6, 6.07) is 3.45. The van der Waals surface area contributed by atoms with E-state index in [-0.39, 0.29) is 64.3 Å². The van der Waals surface area contributed by atoms with E-state index >= 15 is 0 Å². The minimum Gasteiger partial charge on any atom is -0.477 e. The molecule has 6 rings (SSSR count). The maximum absolute atomic E-state index is 13.7. The summed E-state index contributed by atoms with van der Waals surface area (Å²) in [7, 11) is 1.33. The van der Waals surface area contributed by atoms with Gasteiger partial charge < -0.3 is 29.4 Å². The monoisotopic (exact) mass is 930 g/mol. The highest BCUT2D eigenvalue weighted by atomic mass is 32.1. The Morgan fingerprint density at radius 3 is 1.32 bits per heavy atom. The average molecular weight is 931 g/mol. The van der Waals surface area contributed by atoms with Crippen LogP contribution < -0.4 is 9.80 Å². The van der Waals surface area contributed by atoms with E-state index in [1.165, 1.54) is 28.2 Å². The van der Waals surface area contributed by atoms with Crippen LogP contribution in [0.25, 0.3) is 0 Å². The highest BCUT2D eigenvalue weighted by Crippen LogP contribution is 2.37. The van der Waals surface area contributed by atoms with Crippen LogP contribution >= 0.6 is 22.7 Å². The van der Waals surface area contributed by atoms with Gasteiger partial charge in [-0.1, -0.05) is 37.5 Å². The topological polar surface area (TPSA) is 145 Å². The van der Waals surface area contributed by atoms with E-state index in [4.69, 9.17) is 4.74 Å². The number of thiophene rings is 2. The average Bonchev–Trinajstić information content (AvgIpc) is 4.11. The van der Waals surface area contributed by atoms with Crippen molar-refractivity contribution in [3.8, 4) is 23.7 Å². The first-order chi connectivity index (χ1) is 30.6. The number of carboxylic acid groups (broad SMARTS) is 1. The molecule has 2 saturated carbocycles. The molecule has 0 radical (unpaired) electrons. The van der Waals surface area contributed by atoms with E-state index in [0.29, 0.717) is 50.9 Å². The lowest BCUT2D eigenvalue weighted by molar-refractivity contribution is -0.131. The number of hydrogen-bond donors (Lipinski definition) is 1. The van der Waals surface area contributed by atoms with Gasteiger partial charge in [0.05, 0.1) is 28.2 Å². The highest BCUT2D eigenvalue weighted by Gasteiger charge is 2.36. The first-order valence-corrected chi connectivity index (χ1v) is 25.1. The van der Waals surface area contributed by atoms with Crippen LogP contribution in [0.3, 0.4) is 0 Å². The van der Waals surface area contributed by atoms with Crippen molar-refractivity contribution in [3.63, 3.8) is 0 Å². The van der Waals surface area contributed by atoms with E-state index in [1.54, 1.807) is 17.0 Å². The standard InChI is InChI=1S/C26H36N2O4S.C25H34N2O4S/c1-18-8-10-19(11-9-18)24(30)28(17-22(29)27-14-6-7-15-27)21-16-20(12-13-26(2,3)4)33-23(21)25(31)32-5;1-17-7-9-18(10-8-17)23(29)27(16-21(28)26-13-5-6-14-26)20-15-19(11-12-25(2,3)4)32-22(20)24(30)31/h16,18-19H,6-11,14-15,17H2,1-5H3;15,17-18H,5-10,13-14,16H2,1-4H3,(H,30,31). The zero-order valence-corrected chi connectivity index (χ0v) is 41.7. The van der Waals surface area contributed by atoms with E-state index < -0.39 is 11.9 Å². The van der Waals surface area contributed by atoms with Crippen molar-refractivity contribution in [2.24, 2.45) is 34.5 Å². The van der Waals surface area contributed by atoms with Crippen molar-refractivity contribution in [3.05, 3.63) is 31.6 Å². The normalized spacial score (nSPS) is 20.9. The van der Waals surface area contributed by atoms with Crippen LogP contribution in [0.4, 0.5) is 11.4 Å². The Balaban J connectivity index is 0.000000244. The van der Waals surface area contributed by atoms with Gasteiger partial charge in [0, 0.05) is 48.8 Å². The van der Waals surface area contributed by atoms with Crippen molar-refractivity contribution in [2.45, 2.75) is 132 Å². The molecule has 4 amide bonds. The Bertz CT molecular complexity index is 2160. The summed E-state index contributed by atoms with van der Waals surface area (Å²) in [5.41, 5.74) is 0.321. The third-order valence-corrected chi connectivity index (χ3v) is 14.5. The number of esters is 1. The lowest BCUT2D eigenvalue weighted by Gasteiger charge is -2.31. The number of carboxylic acids is 1. The summed E-state index contributed by atoms with van der Waals surface area (Å²) in [5, 5.41) is 9.86. The summed E-state index contributed by atoms with van der Waals surface area (Å²) >= 11 is 2.29. The van der Waals surface area contributed by atoms with Gasteiger partial charge in [-0.25, -0.2) is 9.59 Å². The number of carbonyl (C=O) groups excluding carboxylic acids is 5. The summed E-state index contributed by atoms with van der Waals surface area (Å²) in [6.07, 6.45) is 11.0. The Labute approximate surface area is 394 Å². The lowest BCUT2D eigenvalue weighted by atomic mass is 9.82. The van der Waals surface area contributed by atoms with Crippen LogP contribution in [0.5, 0.6) is 0 Å². The van der Waals surface area contributed by atoms with Crippen LogP contribution in [-0.4, -0.2) is 96.9 Å². The zero-order valence-electron chi connectivity index (χ0n) is 40.1. The van der Waals surface area contributed by atoms with E-state index in [9.17, 15) is 33.9 Å². The van der Waals surface area contributed by atoms with Gasteiger partial charge in [-0.05, 0) is 143 Å². The van der Waals surface area contributed by atoms with Gasteiger partial charge in [0.2, 0.25) is 23.6 Å². The molecule has 0 bridgehead atoms. The fourth-order valence-electron chi connectivity index (χ4n) is 8.60. The maximum Gasteiger partial charge on any atom is 0.350 e. The molecule has 1 N–H and O–H groups in total. The van der Waals surface area contributed by atoms with Crippen molar-refractivity contribution in [1.29, 1.82) is 0 Å². The third kappa shape index (κ3) is 14.7. The Morgan fingerprint density at radius 1 is 0.631 bits per heavy atom. The molecule has 4 heterocycles. The van der Waals surface area contributed by atoms with Gasteiger partial charge in [0.15, 0.2) is 0 Å². The number of rotatable bonds is 10. The molecule has 2 aliphatic carbocycles. The fourth-order valence-corrected chi connectivity index (χ4v) is 10.4. The number of anilines is 2. The molecule has 0 unspecified atom stereocenters. The van der Waals surface area contributed by atoms with Crippen molar-refractivity contribution >= 4 is 69.6 Å². The summed E-state index contributed by atoms with van der Waals surface area (Å²) in [5.74, 6) is 11.4. The second kappa shape index (κ2) is 22.7. The molecule has 0 aromatic carbocycles. The molecule has 12 nitrogen and oxygen atoms in total. The van der Waals surface area contributed by atoms with Crippen LogP contribution in [0.1, 0.15) is 162 Å². The van der Waals surface area contributed by atoms with Crippen LogP contribution in [0.2, 0.25) is 0 Å². The molecule has 0 spiro atoms. The quantitative estimate of drug-likeness (QED) is 0.183. The number of amides is 4. The molecular weight excluding hydrogens is 861 g/mol. The summed E-state index contributed by atoms with van der Waals surface area (Å²) in [6.45, 7) is 19.1. The number of nitrogens with zero attached hydrogens (tertiary/aromatic N) is 4. The number of ether oxygens (including phenoxy) is 1. The molecule has 4 aliphatic rings. The Kier molecular flexibility index (Phi) is 17.9. The largest absolute Gasteiger partial charge is 0.477 e. The lowest BCUT2D eigenvalue weighted by Crippen LogP contribution is -2.45. The number of methoxy groups -OCH3 is 1. The van der Waals surface area contributed by atoms with Gasteiger partial charge in [-0.2, -0.15) is 0 Å². The Hall–Kier alpha value is -4.66. The van der Waals surface area contributed by atoms with E-state index in [1.807, 2.05) is 46.4 Å². The molecule has 2 saturated heterocycles. The third-order valence-electron chi connectivity index (χ3n) is 12.5. The summed E-state index contributed by atoms with van der Waals surface area (Å²) in [4.78, 5) is 86.3. The number of aromatic carboxylic acids is 1. The minimum atomic E-state index is -1.10. The molecule has 4 fully saturated rings. The molecule has 2 aromatic rings. The second-order valence-electron chi connectivity index (χ2n) is 20.4. The van der Waals surface area contributed by atoms with Gasteiger partial charge in [-0.3, -0.25) is 19.2 Å². The SMILES string of the molecule is CC1CCC(C(=O)N(CC(=O)N2CCCC2)c2cc(C#CC(C)(C)C)sc2C(=O)O)CC1.COC(=O)c1sc(C#CC(C)(C)C)cc1N(CC(=O)N1CCCC1)C(=O)C1CCC(C)CC1. The van der Waals surface area contributed by atoms with Gasteiger partial charge in [-0.15, -0.1) is 22.7 Å². The van der Waals surface area contributed by atoms with Gasteiger partial charge in [0.1, 0.15) is 22.8 Å². The molecule has 354 valence electrons. The predicted molar refractivity (Wildman–Crippen MR) is 258 cm³/mol. The zero-order chi connectivity index (χ0) is 47.6. The molecule has 65 heavy (non-hydrogen) atoms. The van der Waals surface area contributed by atoms with E-state index in [0.717, 1.165) is 101 Å². The van der Waals surface area contributed by atoms with Crippen LogP contribution in [-0.2, 0) is 23.9 Å². The molecule has 0 atom stereocenters. The number of hydrogen-bond acceptors (Lipinski definition) is 9. The van der Waals surface area contributed by atoms with Crippen molar-refractivity contribution < 1.29 is 38.6 Å². The predicted octanol–water partition coefficient (Wildman–Crippen LogP) is 9.34. The second-order valence-corrected chi connectivity index (χ2v) is 22.5. The molecule has 2 aromatic heterocycles.